The number of ether oxygens (including phenoxy) is 2. The van der Waals surface area contributed by atoms with Gasteiger partial charge in [0.05, 0.1) is 20.3 Å². The Morgan fingerprint density at radius 1 is 1.00 bits per heavy atom. The first-order valence-corrected chi connectivity index (χ1v) is 11.4. The summed E-state index contributed by atoms with van der Waals surface area (Å²) in [7, 11) is 5.39. The highest BCUT2D eigenvalue weighted by molar-refractivity contribution is 5.99. The van der Waals surface area contributed by atoms with Crippen LogP contribution in [-0.4, -0.2) is 36.1 Å². The Morgan fingerprint density at radius 3 is 2.59 bits per heavy atom. The molecule has 1 aromatic heterocycles. The van der Waals surface area contributed by atoms with Crippen molar-refractivity contribution in [1.29, 1.82) is 0 Å². The van der Waals surface area contributed by atoms with Crippen molar-refractivity contribution in [2.24, 2.45) is 7.05 Å². The Bertz CT molecular complexity index is 1210. The van der Waals surface area contributed by atoms with Crippen molar-refractivity contribution < 1.29 is 14.3 Å². The van der Waals surface area contributed by atoms with E-state index in [-0.39, 0.29) is 11.9 Å². The third-order valence-corrected chi connectivity index (χ3v) is 6.98. The number of aryl methyl sites for hydroxylation is 1. The summed E-state index contributed by atoms with van der Waals surface area (Å²) in [5.74, 6) is 1.66. The number of hydrogen-bond donors (Lipinski definition) is 0. The van der Waals surface area contributed by atoms with Crippen LogP contribution in [0.15, 0.2) is 59.8 Å². The van der Waals surface area contributed by atoms with Crippen LogP contribution in [0.1, 0.15) is 42.9 Å². The Morgan fingerprint density at radius 2 is 1.78 bits per heavy atom. The van der Waals surface area contributed by atoms with Crippen LogP contribution in [0.5, 0.6) is 11.5 Å². The van der Waals surface area contributed by atoms with E-state index in [0.29, 0.717) is 6.54 Å². The molecule has 1 unspecified atom stereocenters. The van der Waals surface area contributed by atoms with Crippen LogP contribution in [0.25, 0.3) is 10.9 Å². The van der Waals surface area contributed by atoms with E-state index in [9.17, 15) is 4.79 Å². The molecule has 0 saturated carbocycles. The van der Waals surface area contributed by atoms with E-state index in [4.69, 9.17) is 9.47 Å². The van der Waals surface area contributed by atoms with Crippen molar-refractivity contribution in [2.75, 3.05) is 20.8 Å². The highest BCUT2D eigenvalue weighted by Gasteiger charge is 2.41. The third-order valence-electron chi connectivity index (χ3n) is 6.98. The Labute approximate surface area is 189 Å². The van der Waals surface area contributed by atoms with Gasteiger partial charge in [-0.15, -0.1) is 0 Å². The van der Waals surface area contributed by atoms with Crippen LogP contribution < -0.4 is 9.47 Å². The molecule has 1 aliphatic heterocycles. The van der Waals surface area contributed by atoms with Gasteiger partial charge in [-0.05, 0) is 61.4 Å². The number of amides is 1. The van der Waals surface area contributed by atoms with Gasteiger partial charge in [0.2, 0.25) is 0 Å². The predicted octanol–water partition coefficient (Wildman–Crippen LogP) is 5.19. The van der Waals surface area contributed by atoms with E-state index in [2.05, 4.69) is 53.0 Å². The first-order chi connectivity index (χ1) is 15.6. The normalized spacial score (nSPS) is 18.4. The number of para-hydroxylation sites is 1. The van der Waals surface area contributed by atoms with Crippen LogP contribution in [0, 0.1) is 0 Å². The number of rotatable bonds is 6. The number of hydrogen-bond acceptors (Lipinski definition) is 3. The van der Waals surface area contributed by atoms with E-state index in [1.807, 2.05) is 12.1 Å². The van der Waals surface area contributed by atoms with Crippen LogP contribution >= 0.6 is 0 Å². The van der Waals surface area contributed by atoms with Gasteiger partial charge in [-0.1, -0.05) is 24.3 Å². The molecule has 0 saturated heterocycles. The van der Waals surface area contributed by atoms with Crippen LogP contribution in [0.2, 0.25) is 0 Å². The molecular weight excluding hydrogens is 400 g/mol. The molecular formula is C27H30N2O3. The number of carbonyl (C=O) groups is 1. The number of benzene rings is 2. The van der Waals surface area contributed by atoms with Gasteiger partial charge in [0.25, 0.3) is 5.91 Å². The first kappa shape index (κ1) is 20.7. The van der Waals surface area contributed by atoms with Gasteiger partial charge in [-0.3, -0.25) is 4.79 Å². The molecule has 2 aliphatic rings. The third kappa shape index (κ3) is 3.36. The summed E-state index contributed by atoms with van der Waals surface area (Å²) in [5.41, 5.74) is 5.98. The Balaban J connectivity index is 1.50. The summed E-state index contributed by atoms with van der Waals surface area (Å²) in [6, 6.07) is 14.5. The lowest BCUT2D eigenvalue weighted by molar-refractivity contribution is -0.127. The molecule has 1 atom stereocenters. The van der Waals surface area contributed by atoms with Crippen molar-refractivity contribution in [3.8, 4) is 11.5 Å². The minimum Gasteiger partial charge on any atom is -0.493 e. The van der Waals surface area contributed by atoms with Crippen molar-refractivity contribution in [3.63, 3.8) is 0 Å². The van der Waals surface area contributed by atoms with E-state index in [1.54, 1.807) is 14.2 Å². The van der Waals surface area contributed by atoms with Gasteiger partial charge in [-0.25, -0.2) is 0 Å². The van der Waals surface area contributed by atoms with Gasteiger partial charge in [0, 0.05) is 41.8 Å². The highest BCUT2D eigenvalue weighted by Crippen LogP contribution is 2.46. The van der Waals surface area contributed by atoms with Crippen LogP contribution in [0.4, 0.5) is 0 Å². The maximum Gasteiger partial charge on any atom is 0.250 e. The molecule has 0 fully saturated rings. The molecule has 0 radical (unpaired) electrons. The predicted molar refractivity (Wildman–Crippen MR) is 126 cm³/mol. The largest absolute Gasteiger partial charge is 0.493 e. The molecule has 2 aromatic carbocycles. The zero-order chi connectivity index (χ0) is 22.2. The Kier molecular flexibility index (Phi) is 5.41. The van der Waals surface area contributed by atoms with E-state index < -0.39 is 0 Å². The summed E-state index contributed by atoms with van der Waals surface area (Å²) in [4.78, 5) is 15.6. The Hall–Kier alpha value is -3.21. The zero-order valence-electron chi connectivity index (χ0n) is 19.1. The number of aromatic nitrogens is 1. The molecule has 5 nitrogen and oxygen atoms in total. The smallest absolute Gasteiger partial charge is 0.250 e. The van der Waals surface area contributed by atoms with Crippen molar-refractivity contribution in [3.05, 3.63) is 70.9 Å². The molecule has 1 amide bonds. The number of nitrogens with zero attached hydrogens (tertiary/aromatic N) is 2. The second kappa shape index (κ2) is 8.38. The molecule has 0 spiro atoms. The standard InChI is InChI=1S/C27H30N2O3/c1-28-17-22(19-8-6-7-11-23(19)28)26-20-9-4-5-10-21(20)27(30)29(26)15-14-18-12-13-24(31-2)25(16-18)32-3/h6-8,11-13,16-17,26H,4-5,9-10,14-15H2,1-3H3. The molecule has 5 rings (SSSR count). The average Bonchev–Trinajstić information content (AvgIpc) is 3.31. The summed E-state index contributed by atoms with van der Waals surface area (Å²) < 4.78 is 13.0. The molecule has 0 bridgehead atoms. The average molecular weight is 431 g/mol. The minimum atomic E-state index is 0.0315. The van der Waals surface area contributed by atoms with Gasteiger partial charge >= 0.3 is 0 Å². The zero-order valence-corrected chi connectivity index (χ0v) is 19.1. The number of carbonyl (C=O) groups excluding carboxylic acids is 1. The van der Waals surface area contributed by atoms with Gasteiger partial charge < -0.3 is 18.9 Å². The minimum absolute atomic E-state index is 0.0315. The second-order valence-electron chi connectivity index (χ2n) is 8.76. The van der Waals surface area contributed by atoms with E-state index in [1.165, 1.54) is 22.0 Å². The van der Waals surface area contributed by atoms with E-state index in [0.717, 1.165) is 54.7 Å². The topological polar surface area (TPSA) is 43.7 Å². The van der Waals surface area contributed by atoms with Crippen molar-refractivity contribution >= 4 is 16.8 Å². The first-order valence-electron chi connectivity index (χ1n) is 11.4. The fraction of sp³-hybridized carbons (Fsp3) is 0.370. The van der Waals surface area contributed by atoms with Gasteiger partial charge in [-0.2, -0.15) is 0 Å². The van der Waals surface area contributed by atoms with Crippen molar-refractivity contribution in [2.45, 2.75) is 38.1 Å². The van der Waals surface area contributed by atoms with Gasteiger partial charge in [0.1, 0.15) is 0 Å². The van der Waals surface area contributed by atoms with Crippen LogP contribution in [0.3, 0.4) is 0 Å². The van der Waals surface area contributed by atoms with E-state index >= 15 is 0 Å². The molecule has 166 valence electrons. The molecule has 3 aromatic rings. The maximum atomic E-state index is 13.5. The SMILES string of the molecule is COc1ccc(CCN2C(=O)C3=C(CCCC3)C2c2cn(C)c3ccccc23)cc1OC. The lowest BCUT2D eigenvalue weighted by Crippen LogP contribution is -2.32. The molecule has 1 aliphatic carbocycles. The van der Waals surface area contributed by atoms with Crippen LogP contribution in [-0.2, 0) is 18.3 Å². The maximum absolute atomic E-state index is 13.5. The lowest BCUT2D eigenvalue weighted by Gasteiger charge is -2.28. The fourth-order valence-corrected chi connectivity index (χ4v) is 5.42. The monoisotopic (exact) mass is 430 g/mol. The molecule has 2 heterocycles. The summed E-state index contributed by atoms with van der Waals surface area (Å²) in [6.07, 6.45) is 7.18. The quantitative estimate of drug-likeness (QED) is 0.540. The van der Waals surface area contributed by atoms with Gasteiger partial charge in [0.15, 0.2) is 11.5 Å². The molecule has 0 N–H and O–H groups in total. The molecule has 5 heteroatoms. The summed E-state index contributed by atoms with van der Waals surface area (Å²) in [5, 5.41) is 1.24. The summed E-state index contributed by atoms with van der Waals surface area (Å²) in [6.45, 7) is 0.676. The lowest BCUT2D eigenvalue weighted by atomic mass is 9.87. The second-order valence-corrected chi connectivity index (χ2v) is 8.76. The van der Waals surface area contributed by atoms with Crippen molar-refractivity contribution in [1.82, 2.24) is 9.47 Å². The summed E-state index contributed by atoms with van der Waals surface area (Å²) >= 11 is 0. The number of methoxy groups -OCH3 is 2. The highest BCUT2D eigenvalue weighted by atomic mass is 16.5. The fourth-order valence-electron chi connectivity index (χ4n) is 5.42. The number of fused-ring (bicyclic) bond motifs is 1. The molecule has 32 heavy (non-hydrogen) atoms.